The number of carbonyl (C=O) groups excluding carboxylic acids is 1. The summed E-state index contributed by atoms with van der Waals surface area (Å²) in [5.74, 6) is -1.36. The van der Waals surface area contributed by atoms with E-state index in [9.17, 15) is 17.6 Å². The van der Waals surface area contributed by atoms with Gasteiger partial charge in [-0.05, 0) is 54.3 Å². The molecule has 0 radical (unpaired) electrons. The lowest BCUT2D eigenvalue weighted by Gasteiger charge is -2.35. The largest absolute Gasteiger partial charge is 0.325 e. The molecule has 0 aliphatic carbocycles. The topological polar surface area (TPSA) is 66.5 Å². The second-order valence-electron chi connectivity index (χ2n) is 7.42. The van der Waals surface area contributed by atoms with Gasteiger partial charge in [-0.25, -0.2) is 12.8 Å². The van der Waals surface area contributed by atoms with Crippen molar-refractivity contribution in [3.8, 4) is 0 Å². The summed E-state index contributed by atoms with van der Waals surface area (Å²) < 4.78 is 42.2. The summed E-state index contributed by atoms with van der Waals surface area (Å²) in [5, 5.41) is 3.24. The average Bonchev–Trinajstić information content (AvgIpc) is 2.75. The van der Waals surface area contributed by atoms with Gasteiger partial charge in [0.25, 0.3) is 0 Å². The second kappa shape index (κ2) is 8.42. The lowest BCUT2D eigenvalue weighted by atomic mass is 9.95. The Labute approximate surface area is 185 Å². The number of hydrogen-bond donors (Lipinski definition) is 1. The van der Waals surface area contributed by atoms with Gasteiger partial charge < -0.3 is 5.32 Å². The van der Waals surface area contributed by atoms with Gasteiger partial charge in [-0.3, -0.25) is 4.79 Å². The summed E-state index contributed by atoms with van der Waals surface area (Å²) in [7, 11) is -4.27. The number of carbonyl (C=O) groups is 1. The minimum atomic E-state index is -4.27. The summed E-state index contributed by atoms with van der Waals surface area (Å²) >= 11 is 6.15. The molecular weight excluding hydrogens is 439 g/mol. The van der Waals surface area contributed by atoms with Crippen LogP contribution in [-0.4, -0.2) is 24.7 Å². The van der Waals surface area contributed by atoms with E-state index in [4.69, 9.17) is 11.6 Å². The zero-order valence-electron chi connectivity index (χ0n) is 16.7. The van der Waals surface area contributed by atoms with Crippen LogP contribution in [-0.2, 0) is 27.8 Å². The smallest absolute Gasteiger partial charge is 0.247 e. The van der Waals surface area contributed by atoms with Crippen molar-refractivity contribution in [1.82, 2.24) is 4.31 Å². The van der Waals surface area contributed by atoms with E-state index in [1.54, 1.807) is 24.3 Å². The molecule has 1 N–H and O–H groups in total. The predicted molar refractivity (Wildman–Crippen MR) is 118 cm³/mol. The van der Waals surface area contributed by atoms with Gasteiger partial charge in [0.2, 0.25) is 15.9 Å². The molecule has 1 atom stereocenters. The molecule has 0 bridgehead atoms. The lowest BCUT2D eigenvalue weighted by Crippen LogP contribution is -2.50. The first-order chi connectivity index (χ1) is 14.8. The number of rotatable bonds is 4. The van der Waals surface area contributed by atoms with Gasteiger partial charge in [0, 0.05) is 17.3 Å². The monoisotopic (exact) mass is 458 g/mol. The van der Waals surface area contributed by atoms with Crippen LogP contribution in [0.25, 0.3) is 0 Å². The number of halogens is 2. The van der Waals surface area contributed by atoms with E-state index in [0.29, 0.717) is 10.7 Å². The number of anilines is 1. The third-order valence-electron chi connectivity index (χ3n) is 5.37. The first-order valence-corrected chi connectivity index (χ1v) is 11.5. The molecule has 1 aliphatic rings. The molecule has 160 valence electrons. The Morgan fingerprint density at radius 1 is 1.06 bits per heavy atom. The van der Waals surface area contributed by atoms with E-state index >= 15 is 0 Å². The number of amides is 1. The van der Waals surface area contributed by atoms with Crippen LogP contribution < -0.4 is 5.32 Å². The van der Waals surface area contributed by atoms with Crippen LogP contribution >= 0.6 is 11.6 Å². The maximum atomic E-state index is 14.4. The number of nitrogens with one attached hydrogen (secondary N) is 1. The molecule has 1 aliphatic heterocycles. The first kappa shape index (κ1) is 21.5. The molecule has 1 unspecified atom stereocenters. The summed E-state index contributed by atoms with van der Waals surface area (Å²) in [5.41, 5.74) is 2.98. The van der Waals surface area contributed by atoms with Gasteiger partial charge in [-0.1, -0.05) is 54.1 Å². The van der Waals surface area contributed by atoms with E-state index < -0.39 is 32.7 Å². The Morgan fingerprint density at radius 3 is 2.45 bits per heavy atom. The molecule has 5 nitrogen and oxygen atoms in total. The Balaban J connectivity index is 1.73. The highest BCUT2D eigenvalue weighted by Crippen LogP contribution is 2.31. The Kier molecular flexibility index (Phi) is 5.83. The van der Waals surface area contributed by atoms with E-state index in [1.807, 2.05) is 25.1 Å². The quantitative estimate of drug-likeness (QED) is 0.624. The van der Waals surface area contributed by atoms with Crippen LogP contribution in [0.15, 0.2) is 71.6 Å². The summed E-state index contributed by atoms with van der Waals surface area (Å²) in [6, 6.07) is 16.5. The Morgan fingerprint density at radius 2 is 1.74 bits per heavy atom. The SMILES string of the molecule is Cc1ccc(NC(=O)C2Cc3ccccc3CN2S(=O)(=O)c2ccccc2F)cc1Cl. The fourth-order valence-electron chi connectivity index (χ4n) is 3.65. The van der Waals surface area contributed by atoms with Gasteiger partial charge in [-0.2, -0.15) is 4.31 Å². The molecule has 31 heavy (non-hydrogen) atoms. The molecule has 0 saturated heterocycles. The molecule has 8 heteroatoms. The van der Waals surface area contributed by atoms with Gasteiger partial charge in [0.05, 0.1) is 0 Å². The Bertz CT molecular complexity index is 1260. The van der Waals surface area contributed by atoms with Gasteiger partial charge in [-0.15, -0.1) is 0 Å². The molecule has 0 spiro atoms. The maximum absolute atomic E-state index is 14.4. The number of nitrogens with zero attached hydrogens (tertiary/aromatic N) is 1. The molecule has 0 fully saturated rings. The number of hydrogen-bond acceptors (Lipinski definition) is 3. The first-order valence-electron chi connectivity index (χ1n) is 9.67. The number of aryl methyl sites for hydroxylation is 1. The van der Waals surface area contributed by atoms with Crippen LogP contribution in [0.2, 0.25) is 5.02 Å². The molecule has 3 aromatic carbocycles. The summed E-state index contributed by atoms with van der Waals surface area (Å²) in [6.07, 6.45) is 0.176. The average molecular weight is 459 g/mol. The van der Waals surface area contributed by atoms with E-state index in [1.165, 1.54) is 18.2 Å². The van der Waals surface area contributed by atoms with Gasteiger partial charge in [0.1, 0.15) is 16.8 Å². The second-order valence-corrected chi connectivity index (χ2v) is 9.69. The van der Waals surface area contributed by atoms with Crippen molar-refractivity contribution in [2.24, 2.45) is 0 Å². The minimum Gasteiger partial charge on any atom is -0.325 e. The van der Waals surface area contributed by atoms with Crippen LogP contribution in [0.4, 0.5) is 10.1 Å². The third kappa shape index (κ3) is 4.21. The molecule has 0 saturated carbocycles. The maximum Gasteiger partial charge on any atom is 0.247 e. The predicted octanol–water partition coefficient (Wildman–Crippen LogP) is 4.54. The zero-order chi connectivity index (χ0) is 22.2. The van der Waals surface area contributed by atoms with E-state index in [2.05, 4.69) is 5.32 Å². The normalized spacial score (nSPS) is 16.5. The highest BCUT2D eigenvalue weighted by Gasteiger charge is 2.40. The molecule has 1 heterocycles. The third-order valence-corrected chi connectivity index (χ3v) is 7.67. The van der Waals surface area contributed by atoms with Crippen LogP contribution in [0.1, 0.15) is 16.7 Å². The molecule has 4 rings (SSSR count). The molecule has 1 amide bonds. The minimum absolute atomic E-state index is 0.0282. The van der Waals surface area contributed by atoms with Crippen molar-refractivity contribution in [1.29, 1.82) is 0 Å². The Hall–Kier alpha value is -2.74. The van der Waals surface area contributed by atoms with E-state index in [0.717, 1.165) is 27.1 Å². The van der Waals surface area contributed by atoms with Crippen molar-refractivity contribution in [2.45, 2.75) is 30.8 Å². The summed E-state index contributed by atoms with van der Waals surface area (Å²) in [6.45, 7) is 1.81. The standard InChI is InChI=1S/C23H20ClFN2O3S/c1-15-10-11-18(13-19(15)24)26-23(28)21-12-16-6-2-3-7-17(16)14-27(21)31(29,30)22-9-5-4-8-20(22)25/h2-11,13,21H,12,14H2,1H3,(H,26,28). The van der Waals surface area contributed by atoms with Gasteiger partial charge >= 0.3 is 0 Å². The van der Waals surface area contributed by atoms with Crippen LogP contribution in [0.3, 0.4) is 0 Å². The highest BCUT2D eigenvalue weighted by molar-refractivity contribution is 7.89. The lowest BCUT2D eigenvalue weighted by molar-refractivity contribution is -0.120. The van der Waals surface area contributed by atoms with Crippen LogP contribution in [0.5, 0.6) is 0 Å². The number of benzene rings is 3. The number of sulfonamides is 1. The number of fused-ring (bicyclic) bond motifs is 1. The van der Waals surface area contributed by atoms with Crippen molar-refractivity contribution in [2.75, 3.05) is 5.32 Å². The van der Waals surface area contributed by atoms with Crippen molar-refractivity contribution in [3.63, 3.8) is 0 Å². The van der Waals surface area contributed by atoms with Crippen molar-refractivity contribution >= 4 is 33.2 Å². The fourth-order valence-corrected chi connectivity index (χ4v) is 5.46. The van der Waals surface area contributed by atoms with Crippen LogP contribution in [0, 0.1) is 12.7 Å². The van der Waals surface area contributed by atoms with Gasteiger partial charge in [0.15, 0.2) is 0 Å². The van der Waals surface area contributed by atoms with Crippen molar-refractivity contribution < 1.29 is 17.6 Å². The van der Waals surface area contributed by atoms with E-state index in [-0.39, 0.29) is 13.0 Å². The molecule has 3 aromatic rings. The molecule has 0 aromatic heterocycles. The highest BCUT2D eigenvalue weighted by atomic mass is 35.5. The molecular formula is C23H20ClFN2O3S. The van der Waals surface area contributed by atoms with Crippen molar-refractivity contribution in [3.05, 3.63) is 94.3 Å². The zero-order valence-corrected chi connectivity index (χ0v) is 18.3. The fraction of sp³-hybridized carbons (Fsp3) is 0.174. The summed E-state index contributed by atoms with van der Waals surface area (Å²) in [4.78, 5) is 12.7.